The molecular weight excluding hydrogens is 246 g/mol. The zero-order chi connectivity index (χ0) is 13.8. The third-order valence-corrected chi connectivity index (χ3v) is 3.24. The summed E-state index contributed by atoms with van der Waals surface area (Å²) in [7, 11) is 3.55. The summed E-state index contributed by atoms with van der Waals surface area (Å²) in [4.78, 5) is 20.2. The monoisotopic (exact) mass is 267 g/mol. The number of aromatic nitrogens is 2. The minimum Gasteiger partial charge on any atom is -0.347 e. The molecule has 1 atom stereocenters. The van der Waals surface area contributed by atoms with E-state index in [9.17, 15) is 4.79 Å². The van der Waals surface area contributed by atoms with Gasteiger partial charge < -0.3 is 14.7 Å². The van der Waals surface area contributed by atoms with Gasteiger partial charge in [-0.3, -0.25) is 9.69 Å². The van der Waals surface area contributed by atoms with E-state index in [0.717, 1.165) is 19.5 Å². The Morgan fingerprint density at radius 1 is 1.58 bits per heavy atom. The van der Waals surface area contributed by atoms with E-state index < -0.39 is 0 Å². The number of carbonyl (C=O) groups excluding carboxylic acids is 1. The Morgan fingerprint density at radius 2 is 2.37 bits per heavy atom. The summed E-state index contributed by atoms with van der Waals surface area (Å²) in [6, 6.07) is -0.160. The maximum Gasteiger partial charge on any atom is 0.240 e. The fourth-order valence-corrected chi connectivity index (χ4v) is 2.16. The van der Waals surface area contributed by atoms with Gasteiger partial charge in [-0.1, -0.05) is 12.1 Å². The lowest BCUT2D eigenvalue weighted by Crippen LogP contribution is -2.57. The molecule has 1 amide bonds. The molecule has 0 aromatic carbocycles. The van der Waals surface area contributed by atoms with Crippen LogP contribution in [0.15, 0.2) is 4.52 Å². The molecule has 1 saturated heterocycles. The number of nitrogens with zero attached hydrogens (tertiary/aromatic N) is 4. The number of carbonyl (C=O) groups is 1. The number of amides is 1. The summed E-state index contributed by atoms with van der Waals surface area (Å²) in [6.07, 6.45) is 0.731. The highest BCUT2D eigenvalue weighted by molar-refractivity contribution is 5.81. The molecule has 1 aromatic heterocycles. The Balaban J connectivity index is 2.05. The molecule has 1 aliphatic heterocycles. The number of hydrogen-bond donors (Lipinski definition) is 1. The molecule has 1 N–H and O–H groups in total. The number of hydrogen-bond acceptors (Lipinski definition) is 6. The maximum absolute atomic E-state index is 12.1. The highest BCUT2D eigenvalue weighted by atomic mass is 16.5. The van der Waals surface area contributed by atoms with Gasteiger partial charge in [-0.05, 0) is 0 Å². The molecule has 19 heavy (non-hydrogen) atoms. The van der Waals surface area contributed by atoms with Crippen LogP contribution in [0.4, 0.5) is 0 Å². The van der Waals surface area contributed by atoms with E-state index in [0.29, 0.717) is 24.8 Å². The topological polar surface area (TPSA) is 74.5 Å². The van der Waals surface area contributed by atoms with Crippen LogP contribution in [0.2, 0.25) is 0 Å². The second kappa shape index (κ2) is 6.12. The Labute approximate surface area is 112 Å². The summed E-state index contributed by atoms with van der Waals surface area (Å²) < 4.78 is 5.10. The average Bonchev–Trinajstić information content (AvgIpc) is 2.86. The molecule has 1 aromatic rings. The van der Waals surface area contributed by atoms with Gasteiger partial charge in [0.25, 0.3) is 0 Å². The van der Waals surface area contributed by atoms with Gasteiger partial charge in [0.15, 0.2) is 5.82 Å². The zero-order valence-corrected chi connectivity index (χ0v) is 11.7. The number of rotatable bonds is 4. The number of aryl methyl sites for hydroxylation is 1. The fourth-order valence-electron chi connectivity index (χ4n) is 2.16. The SMILES string of the molecule is CCc1nc(CN2CCNCC2C(=O)N(C)C)no1. The highest BCUT2D eigenvalue weighted by Gasteiger charge is 2.30. The third-order valence-electron chi connectivity index (χ3n) is 3.24. The molecule has 0 aliphatic carbocycles. The van der Waals surface area contributed by atoms with E-state index in [-0.39, 0.29) is 11.9 Å². The Kier molecular flexibility index (Phi) is 4.49. The van der Waals surface area contributed by atoms with E-state index >= 15 is 0 Å². The predicted octanol–water partition coefficient (Wildman–Crippen LogP) is -0.506. The van der Waals surface area contributed by atoms with Crippen LogP contribution in [0, 0.1) is 0 Å². The van der Waals surface area contributed by atoms with Crippen LogP contribution in [0.3, 0.4) is 0 Å². The summed E-state index contributed by atoms with van der Waals surface area (Å²) in [5, 5.41) is 7.20. The van der Waals surface area contributed by atoms with Gasteiger partial charge in [0, 0.05) is 40.2 Å². The minimum absolute atomic E-state index is 0.103. The quantitative estimate of drug-likeness (QED) is 0.792. The highest BCUT2D eigenvalue weighted by Crippen LogP contribution is 2.10. The van der Waals surface area contributed by atoms with Gasteiger partial charge in [-0.25, -0.2) is 0 Å². The summed E-state index contributed by atoms with van der Waals surface area (Å²) in [6.45, 7) is 4.86. The lowest BCUT2D eigenvalue weighted by atomic mass is 10.1. The van der Waals surface area contributed by atoms with Crippen LogP contribution in [0.5, 0.6) is 0 Å². The Hall–Kier alpha value is -1.47. The molecule has 106 valence electrons. The molecule has 2 heterocycles. The molecule has 1 unspecified atom stereocenters. The van der Waals surface area contributed by atoms with Crippen molar-refractivity contribution in [3.8, 4) is 0 Å². The van der Waals surface area contributed by atoms with Gasteiger partial charge in [0.05, 0.1) is 6.54 Å². The van der Waals surface area contributed by atoms with E-state index in [1.54, 1.807) is 19.0 Å². The van der Waals surface area contributed by atoms with Crippen molar-refractivity contribution in [1.29, 1.82) is 0 Å². The summed E-state index contributed by atoms with van der Waals surface area (Å²) in [5.74, 6) is 1.39. The first-order chi connectivity index (χ1) is 9.11. The normalized spacial score (nSPS) is 20.5. The van der Waals surface area contributed by atoms with Gasteiger partial charge in [-0.2, -0.15) is 4.98 Å². The van der Waals surface area contributed by atoms with Crippen LogP contribution < -0.4 is 5.32 Å². The lowest BCUT2D eigenvalue weighted by Gasteiger charge is -2.35. The maximum atomic E-state index is 12.1. The van der Waals surface area contributed by atoms with Gasteiger partial charge >= 0.3 is 0 Å². The van der Waals surface area contributed by atoms with Gasteiger partial charge in [0.1, 0.15) is 6.04 Å². The fraction of sp³-hybridized carbons (Fsp3) is 0.750. The van der Waals surface area contributed by atoms with E-state index in [4.69, 9.17) is 4.52 Å². The molecular formula is C12H21N5O2. The second-order valence-electron chi connectivity index (χ2n) is 4.88. The Bertz CT molecular complexity index is 432. The van der Waals surface area contributed by atoms with E-state index in [1.807, 2.05) is 6.92 Å². The molecule has 7 nitrogen and oxygen atoms in total. The summed E-state index contributed by atoms with van der Waals surface area (Å²) in [5.41, 5.74) is 0. The van der Waals surface area contributed by atoms with Crippen molar-refractivity contribution in [1.82, 2.24) is 25.3 Å². The van der Waals surface area contributed by atoms with Crippen molar-refractivity contribution in [2.75, 3.05) is 33.7 Å². The molecule has 7 heteroatoms. The van der Waals surface area contributed by atoms with Crippen LogP contribution in [-0.4, -0.2) is 65.6 Å². The van der Waals surface area contributed by atoms with E-state index in [2.05, 4.69) is 20.4 Å². The second-order valence-corrected chi connectivity index (χ2v) is 4.88. The van der Waals surface area contributed by atoms with Crippen molar-refractivity contribution < 1.29 is 9.32 Å². The van der Waals surface area contributed by atoms with Crippen molar-refractivity contribution >= 4 is 5.91 Å². The van der Waals surface area contributed by atoms with Gasteiger partial charge in [0.2, 0.25) is 11.8 Å². The van der Waals surface area contributed by atoms with Crippen LogP contribution in [0.1, 0.15) is 18.6 Å². The number of piperazine rings is 1. The molecule has 0 saturated carbocycles. The number of nitrogens with one attached hydrogen (secondary N) is 1. The van der Waals surface area contributed by atoms with Gasteiger partial charge in [-0.15, -0.1) is 0 Å². The Morgan fingerprint density at radius 3 is 3.00 bits per heavy atom. The van der Waals surface area contributed by atoms with Crippen molar-refractivity contribution in [2.45, 2.75) is 25.9 Å². The predicted molar refractivity (Wildman–Crippen MR) is 69.4 cm³/mol. The lowest BCUT2D eigenvalue weighted by molar-refractivity contribution is -0.135. The standard InChI is InChI=1S/C12H21N5O2/c1-4-11-14-10(15-19-11)8-17-6-5-13-7-9(17)12(18)16(2)3/h9,13H,4-8H2,1-3H3. The molecule has 1 fully saturated rings. The molecule has 0 radical (unpaired) electrons. The smallest absolute Gasteiger partial charge is 0.240 e. The molecule has 2 rings (SSSR count). The summed E-state index contributed by atoms with van der Waals surface area (Å²) >= 11 is 0. The van der Waals surface area contributed by atoms with Crippen LogP contribution in [0.25, 0.3) is 0 Å². The van der Waals surface area contributed by atoms with Crippen molar-refractivity contribution in [2.24, 2.45) is 0 Å². The van der Waals surface area contributed by atoms with E-state index in [1.165, 1.54) is 0 Å². The van der Waals surface area contributed by atoms with Crippen LogP contribution >= 0.6 is 0 Å². The first-order valence-electron chi connectivity index (χ1n) is 6.59. The first kappa shape index (κ1) is 14.0. The van der Waals surface area contributed by atoms with Crippen LogP contribution in [-0.2, 0) is 17.8 Å². The largest absolute Gasteiger partial charge is 0.347 e. The number of likely N-dealkylation sites (N-methyl/N-ethyl adjacent to an activating group) is 1. The zero-order valence-electron chi connectivity index (χ0n) is 11.7. The minimum atomic E-state index is -0.160. The molecule has 0 spiro atoms. The molecule has 1 aliphatic rings. The molecule has 0 bridgehead atoms. The third kappa shape index (κ3) is 3.30. The first-order valence-corrected chi connectivity index (χ1v) is 6.59. The van der Waals surface area contributed by atoms with Crippen molar-refractivity contribution in [3.63, 3.8) is 0 Å². The van der Waals surface area contributed by atoms with Crippen molar-refractivity contribution in [3.05, 3.63) is 11.7 Å². The average molecular weight is 267 g/mol.